The van der Waals surface area contributed by atoms with Crippen LogP contribution in [-0.2, 0) is 26.2 Å². The molecule has 4 nitrogen and oxygen atoms in total. The predicted octanol–water partition coefficient (Wildman–Crippen LogP) is 4.20. The minimum Gasteiger partial charge on any atom is -0.467 e. The van der Waals surface area contributed by atoms with Gasteiger partial charge in [-0.3, -0.25) is 4.79 Å². The molecule has 0 fully saturated rings. The van der Waals surface area contributed by atoms with Gasteiger partial charge >= 0.3 is 5.97 Å². The van der Waals surface area contributed by atoms with Crippen molar-refractivity contribution in [3.05, 3.63) is 107 Å². The van der Waals surface area contributed by atoms with Crippen LogP contribution in [0.2, 0.25) is 0 Å². The number of benzene rings is 3. The first kappa shape index (κ1) is 21.3. The van der Waals surface area contributed by atoms with Gasteiger partial charge in [0.2, 0.25) is 5.91 Å². The Morgan fingerprint density at radius 3 is 1.83 bits per heavy atom. The Labute approximate surface area is 177 Å². The van der Waals surface area contributed by atoms with E-state index in [0.29, 0.717) is 6.42 Å². The highest BCUT2D eigenvalue weighted by atomic mass is 16.5. The van der Waals surface area contributed by atoms with Crippen molar-refractivity contribution in [2.24, 2.45) is 0 Å². The molecule has 154 valence electrons. The molecule has 1 atom stereocenters. The lowest BCUT2D eigenvalue weighted by atomic mass is 9.75. The third kappa shape index (κ3) is 4.60. The summed E-state index contributed by atoms with van der Waals surface area (Å²) in [6.45, 7) is 3.89. The van der Waals surface area contributed by atoms with E-state index in [1.165, 1.54) is 7.11 Å². The van der Waals surface area contributed by atoms with E-state index in [4.69, 9.17) is 4.74 Å². The van der Waals surface area contributed by atoms with Crippen molar-refractivity contribution in [3.8, 4) is 0 Å². The maximum atomic E-state index is 13.6. The van der Waals surface area contributed by atoms with Crippen LogP contribution in [0.3, 0.4) is 0 Å². The summed E-state index contributed by atoms with van der Waals surface area (Å²) in [6.07, 6.45) is 0.359. The van der Waals surface area contributed by atoms with Crippen molar-refractivity contribution < 1.29 is 14.3 Å². The minimum absolute atomic E-state index is 0.248. The van der Waals surface area contributed by atoms with E-state index in [9.17, 15) is 9.59 Å². The first-order valence-electron chi connectivity index (χ1n) is 10.0. The van der Waals surface area contributed by atoms with Gasteiger partial charge in [-0.15, -0.1) is 0 Å². The normalized spacial score (nSPS) is 12.1. The molecule has 0 radical (unpaired) electrons. The molecule has 3 aromatic carbocycles. The lowest BCUT2D eigenvalue weighted by Gasteiger charge is -2.31. The van der Waals surface area contributed by atoms with Crippen molar-refractivity contribution in [2.75, 3.05) is 7.11 Å². The van der Waals surface area contributed by atoms with Crippen molar-refractivity contribution in [3.63, 3.8) is 0 Å². The summed E-state index contributed by atoms with van der Waals surface area (Å²) in [5.41, 5.74) is 2.85. The Kier molecular flexibility index (Phi) is 6.68. The molecular weight excluding hydrogens is 374 g/mol. The number of ether oxygens (including phenoxy) is 1. The third-order valence-corrected chi connectivity index (χ3v) is 5.51. The zero-order valence-electron chi connectivity index (χ0n) is 17.6. The van der Waals surface area contributed by atoms with E-state index >= 15 is 0 Å². The van der Waals surface area contributed by atoms with Crippen LogP contribution in [0.5, 0.6) is 0 Å². The molecule has 0 aliphatic carbocycles. The second-order valence-corrected chi connectivity index (χ2v) is 7.60. The lowest BCUT2D eigenvalue weighted by molar-refractivity contribution is -0.145. The number of rotatable bonds is 7. The summed E-state index contributed by atoms with van der Waals surface area (Å²) < 4.78 is 4.98. The lowest BCUT2D eigenvalue weighted by Crippen LogP contribution is -2.51. The van der Waals surface area contributed by atoms with Crippen LogP contribution in [0.1, 0.15) is 29.2 Å². The van der Waals surface area contributed by atoms with Crippen LogP contribution >= 0.6 is 0 Å². The first-order chi connectivity index (χ1) is 14.4. The molecule has 0 unspecified atom stereocenters. The van der Waals surface area contributed by atoms with E-state index in [-0.39, 0.29) is 5.91 Å². The first-order valence-corrected chi connectivity index (χ1v) is 10.0. The summed E-state index contributed by atoms with van der Waals surface area (Å²) >= 11 is 0. The quantitative estimate of drug-likeness (QED) is 0.604. The second-order valence-electron chi connectivity index (χ2n) is 7.60. The number of methoxy groups -OCH3 is 1. The highest BCUT2D eigenvalue weighted by Crippen LogP contribution is 2.32. The Hall–Kier alpha value is -3.40. The third-order valence-electron chi connectivity index (χ3n) is 5.51. The number of hydrogen-bond donors (Lipinski definition) is 1. The van der Waals surface area contributed by atoms with Gasteiger partial charge in [-0.05, 0) is 30.5 Å². The van der Waals surface area contributed by atoms with Gasteiger partial charge in [0.25, 0.3) is 0 Å². The van der Waals surface area contributed by atoms with Gasteiger partial charge in [0.1, 0.15) is 6.04 Å². The fraction of sp³-hybridized carbons (Fsp3) is 0.231. The minimum atomic E-state index is -0.956. The number of esters is 1. The largest absolute Gasteiger partial charge is 0.467 e. The van der Waals surface area contributed by atoms with E-state index in [1.54, 1.807) is 0 Å². The maximum Gasteiger partial charge on any atom is 0.328 e. The second kappa shape index (κ2) is 9.40. The number of amides is 1. The van der Waals surface area contributed by atoms with Gasteiger partial charge in [-0.25, -0.2) is 4.79 Å². The topological polar surface area (TPSA) is 55.4 Å². The molecule has 1 N–H and O–H groups in total. The Morgan fingerprint density at radius 2 is 1.37 bits per heavy atom. The molecule has 3 rings (SSSR count). The molecule has 0 aliphatic heterocycles. The standard InChI is InChI=1S/C26H27NO3/c1-19-14-16-20(17-15-19)18-23(24(28)30-3)27-25(29)26(2,21-10-6-4-7-11-21)22-12-8-5-9-13-22/h4-17,23H,18H2,1-3H3,(H,27,29)/t23-/m0/s1. The molecule has 0 saturated carbocycles. The zero-order valence-corrected chi connectivity index (χ0v) is 17.6. The van der Waals surface area contributed by atoms with Crippen LogP contribution in [0.25, 0.3) is 0 Å². The molecule has 0 bridgehead atoms. The Morgan fingerprint density at radius 1 is 0.867 bits per heavy atom. The number of hydrogen-bond acceptors (Lipinski definition) is 3. The van der Waals surface area contributed by atoms with Gasteiger partial charge in [0.05, 0.1) is 12.5 Å². The maximum absolute atomic E-state index is 13.6. The SMILES string of the molecule is COC(=O)[C@H](Cc1ccc(C)cc1)NC(=O)C(C)(c1ccccc1)c1ccccc1. The zero-order chi connectivity index (χ0) is 21.6. The average Bonchev–Trinajstić information content (AvgIpc) is 2.80. The van der Waals surface area contributed by atoms with Crippen molar-refractivity contribution >= 4 is 11.9 Å². The molecule has 4 heteroatoms. The molecule has 0 aromatic heterocycles. The Bertz CT molecular complexity index is 942. The summed E-state index contributed by atoms with van der Waals surface area (Å²) in [7, 11) is 1.34. The van der Waals surface area contributed by atoms with Gasteiger partial charge in [0.15, 0.2) is 0 Å². The molecule has 30 heavy (non-hydrogen) atoms. The van der Waals surface area contributed by atoms with Crippen LogP contribution in [0, 0.1) is 6.92 Å². The van der Waals surface area contributed by atoms with Gasteiger partial charge < -0.3 is 10.1 Å². The van der Waals surface area contributed by atoms with Crippen LogP contribution < -0.4 is 5.32 Å². The number of aryl methyl sites for hydroxylation is 1. The molecule has 0 spiro atoms. The summed E-state index contributed by atoms with van der Waals surface area (Å²) in [6, 6.07) is 26.3. The molecule has 1 amide bonds. The molecule has 3 aromatic rings. The fourth-order valence-corrected chi connectivity index (χ4v) is 3.57. The molecule has 0 aliphatic rings. The summed E-state index contributed by atoms with van der Waals surface area (Å²) in [4.78, 5) is 26.1. The summed E-state index contributed by atoms with van der Waals surface area (Å²) in [5, 5.41) is 2.95. The van der Waals surface area contributed by atoms with E-state index in [0.717, 1.165) is 22.3 Å². The van der Waals surface area contributed by atoms with Crippen molar-refractivity contribution in [1.82, 2.24) is 5.32 Å². The molecule has 0 heterocycles. The van der Waals surface area contributed by atoms with E-state index in [2.05, 4.69) is 5.32 Å². The highest BCUT2D eigenvalue weighted by Gasteiger charge is 2.39. The monoisotopic (exact) mass is 401 g/mol. The van der Waals surface area contributed by atoms with Gasteiger partial charge in [0, 0.05) is 6.42 Å². The molecule has 0 saturated heterocycles. The number of carbonyl (C=O) groups excluding carboxylic acids is 2. The van der Waals surface area contributed by atoms with E-state index < -0.39 is 17.4 Å². The summed E-state index contributed by atoms with van der Waals surface area (Å²) in [5.74, 6) is -0.713. The molecular formula is C26H27NO3. The van der Waals surface area contributed by atoms with Crippen molar-refractivity contribution in [1.29, 1.82) is 0 Å². The van der Waals surface area contributed by atoms with Crippen LogP contribution in [0.4, 0.5) is 0 Å². The number of nitrogens with one attached hydrogen (secondary N) is 1. The van der Waals surface area contributed by atoms with Crippen LogP contribution in [0.15, 0.2) is 84.9 Å². The van der Waals surface area contributed by atoms with Crippen LogP contribution in [-0.4, -0.2) is 25.0 Å². The van der Waals surface area contributed by atoms with Crippen molar-refractivity contribution in [2.45, 2.75) is 31.7 Å². The fourth-order valence-electron chi connectivity index (χ4n) is 3.57. The predicted molar refractivity (Wildman–Crippen MR) is 118 cm³/mol. The van der Waals surface area contributed by atoms with E-state index in [1.807, 2.05) is 98.8 Å². The smallest absolute Gasteiger partial charge is 0.328 e. The highest BCUT2D eigenvalue weighted by molar-refractivity contribution is 5.94. The Balaban J connectivity index is 1.94. The van der Waals surface area contributed by atoms with Gasteiger partial charge in [-0.1, -0.05) is 90.5 Å². The average molecular weight is 402 g/mol. The number of carbonyl (C=O) groups is 2. The van der Waals surface area contributed by atoms with Gasteiger partial charge in [-0.2, -0.15) is 0 Å².